The Hall–Kier alpha value is -0.870. The monoisotopic (exact) mass is 225 g/mol. The van der Waals surface area contributed by atoms with Crippen molar-refractivity contribution in [1.82, 2.24) is 4.90 Å². The highest BCUT2D eigenvalue weighted by Gasteiger charge is 2.21. The summed E-state index contributed by atoms with van der Waals surface area (Å²) in [7, 11) is 0. The maximum absolute atomic E-state index is 12.0. The van der Waals surface area contributed by atoms with Gasteiger partial charge in [0.15, 0.2) is 0 Å². The molecule has 1 aliphatic rings. The number of hydrogen-bond donors (Lipinski definition) is 0. The predicted octanol–water partition coefficient (Wildman–Crippen LogP) is 2.00. The molecule has 0 N–H and O–H groups in total. The molecule has 1 amide bonds. The summed E-state index contributed by atoms with van der Waals surface area (Å²) in [4.78, 5) is 14.8. The molecule has 0 spiro atoms. The molecule has 1 aliphatic heterocycles. The van der Waals surface area contributed by atoms with E-state index >= 15 is 0 Å². The van der Waals surface area contributed by atoms with E-state index in [9.17, 15) is 4.79 Å². The van der Waals surface area contributed by atoms with E-state index in [1.165, 1.54) is 11.3 Å². The third-order valence-corrected chi connectivity index (χ3v) is 3.33. The number of carbonyl (C=O) groups is 1. The fourth-order valence-electron chi connectivity index (χ4n) is 1.73. The van der Waals surface area contributed by atoms with Crippen molar-refractivity contribution in [1.29, 1.82) is 0 Å². The molecule has 1 fully saturated rings. The molecule has 1 aromatic rings. The molecule has 0 radical (unpaired) electrons. The van der Waals surface area contributed by atoms with E-state index in [1.807, 2.05) is 29.3 Å². The Balaban J connectivity index is 2.06. The molecule has 4 heteroatoms. The molecule has 0 bridgehead atoms. The maximum Gasteiger partial charge on any atom is 0.264 e. The van der Waals surface area contributed by atoms with Gasteiger partial charge in [0, 0.05) is 19.7 Å². The number of hydrogen-bond acceptors (Lipinski definition) is 3. The van der Waals surface area contributed by atoms with E-state index in [2.05, 4.69) is 0 Å². The van der Waals surface area contributed by atoms with Gasteiger partial charge in [-0.25, -0.2) is 0 Å². The van der Waals surface area contributed by atoms with Gasteiger partial charge >= 0.3 is 0 Å². The lowest BCUT2D eigenvalue weighted by atomic mass is 10.3. The van der Waals surface area contributed by atoms with Crippen LogP contribution in [0.2, 0.25) is 0 Å². The van der Waals surface area contributed by atoms with Gasteiger partial charge in [0.05, 0.1) is 11.0 Å². The van der Waals surface area contributed by atoms with Gasteiger partial charge in [0.2, 0.25) is 0 Å². The number of carbonyl (C=O) groups excluding carboxylic acids is 1. The Bertz CT molecular complexity index is 323. The highest BCUT2D eigenvalue weighted by Crippen LogP contribution is 2.14. The molecule has 15 heavy (non-hydrogen) atoms. The van der Waals surface area contributed by atoms with Crippen molar-refractivity contribution in [2.45, 2.75) is 19.4 Å². The number of thiophene rings is 1. The minimum atomic E-state index is 0.141. The second-order valence-electron chi connectivity index (χ2n) is 3.76. The zero-order valence-electron chi connectivity index (χ0n) is 8.81. The average molecular weight is 225 g/mol. The lowest BCUT2D eigenvalue weighted by molar-refractivity contribution is 0.0565. The maximum atomic E-state index is 12.0. The van der Waals surface area contributed by atoms with Gasteiger partial charge in [-0.05, 0) is 24.8 Å². The highest BCUT2D eigenvalue weighted by molar-refractivity contribution is 7.12. The Morgan fingerprint density at radius 2 is 2.53 bits per heavy atom. The van der Waals surface area contributed by atoms with Gasteiger partial charge in [0.1, 0.15) is 0 Å². The molecular weight excluding hydrogens is 210 g/mol. The van der Waals surface area contributed by atoms with Crippen LogP contribution in [0, 0.1) is 0 Å². The fourth-order valence-corrected chi connectivity index (χ4v) is 2.43. The molecule has 1 atom stereocenters. The molecule has 1 aromatic heterocycles. The van der Waals surface area contributed by atoms with Gasteiger partial charge in [-0.3, -0.25) is 4.79 Å². The van der Waals surface area contributed by atoms with Gasteiger partial charge in [0.25, 0.3) is 5.91 Å². The molecule has 0 aliphatic carbocycles. The largest absolute Gasteiger partial charge is 0.377 e. The summed E-state index contributed by atoms with van der Waals surface area (Å²) in [5, 5.41) is 1.94. The quantitative estimate of drug-likeness (QED) is 0.731. The van der Waals surface area contributed by atoms with E-state index in [4.69, 9.17) is 4.74 Å². The first-order valence-electron chi connectivity index (χ1n) is 5.22. The average Bonchev–Trinajstić information content (AvgIpc) is 2.67. The molecule has 0 aromatic carbocycles. The summed E-state index contributed by atoms with van der Waals surface area (Å²) in [6.45, 7) is 4.28. The van der Waals surface area contributed by atoms with Crippen LogP contribution in [-0.2, 0) is 4.74 Å². The number of amides is 1. The molecular formula is C11H15NO2S. The van der Waals surface area contributed by atoms with Crippen molar-refractivity contribution in [2.75, 3.05) is 19.7 Å². The van der Waals surface area contributed by atoms with Crippen LogP contribution in [0.1, 0.15) is 23.0 Å². The lowest BCUT2D eigenvalue weighted by Gasteiger charge is -2.21. The predicted molar refractivity (Wildman–Crippen MR) is 60.3 cm³/mol. The Morgan fingerprint density at radius 1 is 1.67 bits per heavy atom. The van der Waals surface area contributed by atoms with E-state index < -0.39 is 0 Å². The standard InChI is InChI=1S/C11H15NO2S/c1-9-8-12(5-3-6-14-9)11(13)10-4-2-7-15-10/h2,4,7,9H,3,5-6,8H2,1H3. The number of ether oxygens (including phenoxy) is 1. The second-order valence-corrected chi connectivity index (χ2v) is 4.71. The number of nitrogens with zero attached hydrogens (tertiary/aromatic N) is 1. The Labute approximate surface area is 93.7 Å². The van der Waals surface area contributed by atoms with E-state index in [0.717, 1.165) is 24.4 Å². The van der Waals surface area contributed by atoms with E-state index in [0.29, 0.717) is 6.54 Å². The molecule has 1 unspecified atom stereocenters. The first-order valence-corrected chi connectivity index (χ1v) is 6.09. The van der Waals surface area contributed by atoms with E-state index in [-0.39, 0.29) is 12.0 Å². The van der Waals surface area contributed by atoms with Crippen LogP contribution < -0.4 is 0 Å². The van der Waals surface area contributed by atoms with Crippen LogP contribution in [-0.4, -0.2) is 36.6 Å². The van der Waals surface area contributed by atoms with Crippen LogP contribution >= 0.6 is 11.3 Å². The normalized spacial score (nSPS) is 22.5. The molecule has 2 rings (SSSR count). The molecule has 3 nitrogen and oxygen atoms in total. The molecule has 2 heterocycles. The van der Waals surface area contributed by atoms with Crippen molar-refractivity contribution in [3.63, 3.8) is 0 Å². The van der Waals surface area contributed by atoms with E-state index in [1.54, 1.807) is 0 Å². The van der Waals surface area contributed by atoms with Crippen LogP contribution in [0.4, 0.5) is 0 Å². The van der Waals surface area contributed by atoms with Crippen LogP contribution in [0.5, 0.6) is 0 Å². The van der Waals surface area contributed by atoms with Gasteiger partial charge in [-0.15, -0.1) is 11.3 Å². The summed E-state index contributed by atoms with van der Waals surface area (Å²) >= 11 is 1.50. The first kappa shape index (κ1) is 10.6. The summed E-state index contributed by atoms with van der Waals surface area (Å²) in [6.07, 6.45) is 1.08. The zero-order chi connectivity index (χ0) is 10.7. The van der Waals surface area contributed by atoms with Crippen molar-refractivity contribution in [3.8, 4) is 0 Å². The molecule has 82 valence electrons. The van der Waals surface area contributed by atoms with Crippen molar-refractivity contribution in [2.24, 2.45) is 0 Å². The number of rotatable bonds is 1. The summed E-state index contributed by atoms with van der Waals surface area (Å²) < 4.78 is 5.51. The summed E-state index contributed by atoms with van der Waals surface area (Å²) in [5.74, 6) is 0.141. The summed E-state index contributed by atoms with van der Waals surface area (Å²) in [6, 6.07) is 3.79. The van der Waals surface area contributed by atoms with Crippen LogP contribution in [0.3, 0.4) is 0 Å². The van der Waals surface area contributed by atoms with Crippen LogP contribution in [0.15, 0.2) is 17.5 Å². The summed E-state index contributed by atoms with van der Waals surface area (Å²) in [5.41, 5.74) is 0. The molecule has 1 saturated heterocycles. The van der Waals surface area contributed by atoms with Crippen molar-refractivity contribution < 1.29 is 9.53 Å². The SMILES string of the molecule is CC1CN(C(=O)c2cccs2)CCCO1. The smallest absolute Gasteiger partial charge is 0.264 e. The lowest BCUT2D eigenvalue weighted by Crippen LogP contribution is -2.35. The van der Waals surface area contributed by atoms with Crippen LogP contribution in [0.25, 0.3) is 0 Å². The second kappa shape index (κ2) is 4.77. The minimum absolute atomic E-state index is 0.141. The minimum Gasteiger partial charge on any atom is -0.377 e. The fraction of sp³-hybridized carbons (Fsp3) is 0.545. The highest BCUT2D eigenvalue weighted by atomic mass is 32.1. The topological polar surface area (TPSA) is 29.5 Å². The Kier molecular flexibility index (Phi) is 3.38. The zero-order valence-corrected chi connectivity index (χ0v) is 9.63. The van der Waals surface area contributed by atoms with Gasteiger partial charge in [-0.2, -0.15) is 0 Å². The van der Waals surface area contributed by atoms with Crippen molar-refractivity contribution in [3.05, 3.63) is 22.4 Å². The first-order chi connectivity index (χ1) is 7.27. The van der Waals surface area contributed by atoms with Crippen molar-refractivity contribution >= 4 is 17.2 Å². The third-order valence-electron chi connectivity index (χ3n) is 2.47. The van der Waals surface area contributed by atoms with Gasteiger partial charge in [-0.1, -0.05) is 6.07 Å². The van der Waals surface area contributed by atoms with Gasteiger partial charge < -0.3 is 9.64 Å². The Morgan fingerprint density at radius 3 is 3.27 bits per heavy atom. The third kappa shape index (κ3) is 2.58. The molecule has 0 saturated carbocycles.